The smallest absolute Gasteiger partial charge is 0.335 e. The van der Waals surface area contributed by atoms with Gasteiger partial charge in [-0.1, -0.05) is 0 Å². The summed E-state index contributed by atoms with van der Waals surface area (Å²) in [5.74, 6) is -3.59. The van der Waals surface area contributed by atoms with Crippen molar-refractivity contribution in [1.29, 1.82) is 0 Å². The Morgan fingerprint density at radius 2 is 0.851 bits per heavy atom. The van der Waals surface area contributed by atoms with Crippen LogP contribution in [0.4, 0.5) is 0 Å². The summed E-state index contributed by atoms with van der Waals surface area (Å²) in [6.07, 6.45) is -40.7. The quantitative estimate of drug-likeness (QED) is 0.101. The van der Waals surface area contributed by atoms with Crippen LogP contribution in [0.25, 0.3) is 0 Å². The van der Waals surface area contributed by atoms with Crippen molar-refractivity contribution in [2.24, 2.45) is 0 Å². The first kappa shape index (κ1) is 38.0. The second-order valence-corrected chi connectivity index (χ2v) is 11.2. The largest absolute Gasteiger partial charge is 0.479 e. The van der Waals surface area contributed by atoms with Crippen molar-refractivity contribution in [3.8, 4) is 0 Å². The Balaban J connectivity index is 1.51. The molecule has 20 atom stereocenters. The predicted octanol–water partition coefficient (Wildman–Crippen LogP) is -9.56. The minimum Gasteiger partial charge on any atom is -0.479 e. The molecule has 0 aromatic rings. The number of rotatable bonds is 10. The van der Waals surface area contributed by atoms with Crippen molar-refractivity contribution >= 4 is 11.9 Å². The van der Waals surface area contributed by atoms with Crippen molar-refractivity contribution in [2.45, 2.75) is 123 Å². The van der Waals surface area contributed by atoms with E-state index >= 15 is 0 Å². The average molecular weight is 695 g/mol. The maximum atomic E-state index is 11.9. The van der Waals surface area contributed by atoms with E-state index in [9.17, 15) is 81.1 Å². The molecular weight excluding hydrogens is 656 g/mol. The molecular formula is C24H38O23. The molecule has 0 radical (unpaired) electrons. The van der Waals surface area contributed by atoms with E-state index in [1.54, 1.807) is 0 Å². The number of aliphatic carboxylic acids is 2. The highest BCUT2D eigenvalue weighted by Gasteiger charge is 2.56. The van der Waals surface area contributed by atoms with E-state index in [-0.39, 0.29) is 0 Å². The van der Waals surface area contributed by atoms with Crippen LogP contribution in [0.15, 0.2) is 0 Å². The van der Waals surface area contributed by atoms with E-state index in [2.05, 4.69) is 0 Å². The van der Waals surface area contributed by atoms with Gasteiger partial charge in [0.2, 0.25) is 0 Å². The molecule has 23 nitrogen and oxygen atoms in total. The molecule has 4 fully saturated rings. The molecule has 272 valence electrons. The standard InChI is InChI=1S/C24H38O23/c25-1-3-14(7(29)9(31)21(40)41-3)44-24-13(35)16(12(34)18(47-24)20(38)39)45-22-11(33)8(30)15(4(2-26)42-22)43-23-10(32)5(27)6(28)17(46-23)19(36)37/h3-18,21-35,40H,1-2H2,(H,36,37)(H,38,39)/t3?,4?,5?,6?,7?,8?,9?,10?,11?,12?,13?,14?,15?,16?,17?,18?,21?,22?,23?,24-/m1/s1. The van der Waals surface area contributed by atoms with Crippen molar-refractivity contribution in [3.63, 3.8) is 0 Å². The maximum Gasteiger partial charge on any atom is 0.335 e. The molecule has 19 unspecified atom stereocenters. The maximum absolute atomic E-state index is 11.9. The fourth-order valence-corrected chi connectivity index (χ4v) is 5.51. The van der Waals surface area contributed by atoms with Crippen LogP contribution in [-0.4, -0.2) is 219 Å². The molecule has 4 rings (SSSR count). The summed E-state index contributed by atoms with van der Waals surface area (Å²) in [4.78, 5) is 23.3. The van der Waals surface area contributed by atoms with Gasteiger partial charge in [0.05, 0.1) is 13.2 Å². The van der Waals surface area contributed by atoms with Crippen LogP contribution >= 0.6 is 0 Å². The Labute approximate surface area is 262 Å². The van der Waals surface area contributed by atoms with E-state index in [1.165, 1.54) is 0 Å². The zero-order chi connectivity index (χ0) is 35.1. The molecule has 4 aliphatic rings. The number of aliphatic hydroxyl groups excluding tert-OH is 12. The highest BCUT2D eigenvalue weighted by molar-refractivity contribution is 5.73. The molecule has 4 heterocycles. The van der Waals surface area contributed by atoms with Crippen LogP contribution < -0.4 is 0 Å². The molecule has 4 saturated heterocycles. The first-order valence-corrected chi connectivity index (χ1v) is 14.1. The number of hydrogen-bond donors (Lipinski definition) is 14. The Morgan fingerprint density at radius 3 is 1.36 bits per heavy atom. The zero-order valence-corrected chi connectivity index (χ0v) is 23.9. The van der Waals surface area contributed by atoms with Crippen LogP contribution in [0.2, 0.25) is 0 Å². The Morgan fingerprint density at radius 1 is 0.447 bits per heavy atom. The van der Waals surface area contributed by atoms with E-state index < -0.39 is 148 Å². The van der Waals surface area contributed by atoms with Crippen LogP contribution in [0.5, 0.6) is 0 Å². The molecule has 14 N–H and O–H groups in total. The van der Waals surface area contributed by atoms with Gasteiger partial charge in [0, 0.05) is 0 Å². The average Bonchev–Trinajstić information content (AvgIpc) is 3.03. The number of ether oxygens (including phenoxy) is 7. The van der Waals surface area contributed by atoms with Crippen molar-refractivity contribution in [1.82, 2.24) is 0 Å². The minimum atomic E-state index is -2.25. The zero-order valence-electron chi connectivity index (χ0n) is 23.9. The number of aliphatic hydroxyl groups is 12. The van der Waals surface area contributed by atoms with E-state index in [0.29, 0.717) is 0 Å². The van der Waals surface area contributed by atoms with Gasteiger partial charge in [0.25, 0.3) is 0 Å². The summed E-state index contributed by atoms with van der Waals surface area (Å²) in [6.45, 7) is -1.95. The molecule has 0 amide bonds. The monoisotopic (exact) mass is 694 g/mol. The molecule has 23 heteroatoms. The van der Waals surface area contributed by atoms with Gasteiger partial charge in [-0.05, 0) is 0 Å². The number of carbonyl (C=O) groups is 2. The first-order chi connectivity index (χ1) is 22.0. The summed E-state index contributed by atoms with van der Waals surface area (Å²) in [6, 6.07) is 0. The van der Waals surface area contributed by atoms with Crippen molar-refractivity contribution < 1.29 is 114 Å². The van der Waals surface area contributed by atoms with Gasteiger partial charge in [-0.15, -0.1) is 0 Å². The molecule has 0 bridgehead atoms. The van der Waals surface area contributed by atoms with E-state index in [0.717, 1.165) is 0 Å². The summed E-state index contributed by atoms with van der Waals surface area (Å²) in [5.41, 5.74) is 0. The number of carboxylic acid groups (broad SMARTS) is 2. The summed E-state index contributed by atoms with van der Waals surface area (Å²) in [7, 11) is 0. The molecule has 47 heavy (non-hydrogen) atoms. The third-order valence-corrected chi connectivity index (χ3v) is 8.13. The molecule has 0 aromatic heterocycles. The van der Waals surface area contributed by atoms with Crippen LogP contribution in [0, 0.1) is 0 Å². The molecule has 0 spiro atoms. The lowest BCUT2D eigenvalue weighted by Gasteiger charge is -2.48. The Bertz CT molecular complexity index is 1060. The fraction of sp³-hybridized carbons (Fsp3) is 0.917. The second kappa shape index (κ2) is 15.4. The lowest BCUT2D eigenvalue weighted by atomic mass is 9.95. The molecule has 4 aliphatic heterocycles. The van der Waals surface area contributed by atoms with Gasteiger partial charge < -0.3 is 105 Å². The lowest BCUT2D eigenvalue weighted by molar-refractivity contribution is -0.385. The SMILES string of the molecule is O=C(O)C1OC(OC2C(CO)OC(OC3C(O)C(C(=O)O)O[C@@H](OC4C(CO)OC(O)C(O)C4O)C3O)C(O)C2O)C(O)C(O)C1O. The minimum absolute atomic E-state index is 0.912. The van der Waals surface area contributed by atoms with Crippen LogP contribution in [0.1, 0.15) is 0 Å². The third-order valence-electron chi connectivity index (χ3n) is 8.13. The van der Waals surface area contributed by atoms with Gasteiger partial charge in [-0.25, -0.2) is 9.59 Å². The van der Waals surface area contributed by atoms with Gasteiger partial charge in [-0.3, -0.25) is 0 Å². The highest BCUT2D eigenvalue weighted by Crippen LogP contribution is 2.34. The Kier molecular flexibility index (Phi) is 12.4. The third kappa shape index (κ3) is 7.53. The number of hydrogen-bond acceptors (Lipinski definition) is 21. The van der Waals surface area contributed by atoms with Crippen molar-refractivity contribution in [3.05, 3.63) is 0 Å². The first-order valence-electron chi connectivity index (χ1n) is 14.1. The Hall–Kier alpha value is -1.82. The lowest BCUT2D eigenvalue weighted by Crippen LogP contribution is -2.68. The highest BCUT2D eigenvalue weighted by atomic mass is 16.8. The van der Waals surface area contributed by atoms with Crippen LogP contribution in [-0.2, 0) is 42.7 Å². The van der Waals surface area contributed by atoms with Crippen LogP contribution in [0.3, 0.4) is 0 Å². The van der Waals surface area contributed by atoms with E-state index in [1.807, 2.05) is 0 Å². The fourth-order valence-electron chi connectivity index (χ4n) is 5.51. The topological polar surface area (TPSA) is 382 Å². The summed E-state index contributed by atoms with van der Waals surface area (Å²) < 4.78 is 36.6. The van der Waals surface area contributed by atoms with Gasteiger partial charge in [-0.2, -0.15) is 0 Å². The molecule has 0 saturated carbocycles. The normalized spacial score (nSPS) is 51.0. The summed E-state index contributed by atoms with van der Waals surface area (Å²) >= 11 is 0. The van der Waals surface area contributed by atoms with Crippen molar-refractivity contribution in [2.75, 3.05) is 13.2 Å². The van der Waals surface area contributed by atoms with Gasteiger partial charge in [0.1, 0.15) is 85.5 Å². The van der Waals surface area contributed by atoms with Gasteiger partial charge in [0.15, 0.2) is 37.4 Å². The number of carboxylic acids is 2. The predicted molar refractivity (Wildman–Crippen MR) is 135 cm³/mol. The second-order valence-electron chi connectivity index (χ2n) is 11.2. The molecule has 0 aliphatic carbocycles. The molecule has 0 aromatic carbocycles. The van der Waals surface area contributed by atoms with Gasteiger partial charge >= 0.3 is 11.9 Å². The summed E-state index contributed by atoms with van der Waals surface area (Å²) in [5, 5.41) is 142. The van der Waals surface area contributed by atoms with E-state index in [4.69, 9.17) is 33.2 Å².